The zero-order valence-corrected chi connectivity index (χ0v) is 12.7. The Labute approximate surface area is 118 Å². The number of hydrogen-bond acceptors (Lipinski definition) is 5. The second-order valence-corrected chi connectivity index (χ2v) is 5.93. The molecular weight excluding hydrogens is 262 g/mol. The van der Waals surface area contributed by atoms with Gasteiger partial charge in [0.2, 0.25) is 0 Å². The fourth-order valence-electron chi connectivity index (χ4n) is 2.16. The lowest BCUT2D eigenvalue weighted by Gasteiger charge is -2.33. The molecule has 0 aliphatic carbocycles. The quantitative estimate of drug-likeness (QED) is 0.915. The Morgan fingerprint density at radius 1 is 1.63 bits per heavy atom. The highest BCUT2D eigenvalue weighted by Gasteiger charge is 2.27. The third kappa shape index (κ3) is 2.96. The molecule has 2 heterocycles. The number of amides is 1. The van der Waals surface area contributed by atoms with E-state index in [1.165, 1.54) is 11.3 Å². The highest BCUT2D eigenvalue weighted by atomic mass is 32.1. The molecule has 0 saturated carbocycles. The first-order chi connectivity index (χ1) is 9.04. The molecule has 6 heteroatoms. The molecule has 1 aliphatic heterocycles. The number of thiazole rings is 1. The van der Waals surface area contributed by atoms with Crippen LogP contribution in [0.1, 0.15) is 40.3 Å². The molecule has 19 heavy (non-hydrogen) atoms. The molecule has 2 rings (SSSR count). The molecule has 2 atom stereocenters. The van der Waals surface area contributed by atoms with E-state index in [-0.39, 0.29) is 18.1 Å². The maximum absolute atomic E-state index is 12.6. The highest BCUT2D eigenvalue weighted by Crippen LogP contribution is 2.27. The second kappa shape index (κ2) is 5.98. The summed E-state index contributed by atoms with van der Waals surface area (Å²) in [5.74, 6) is 0.0959. The summed E-state index contributed by atoms with van der Waals surface area (Å²) in [5.41, 5.74) is 0.805. The summed E-state index contributed by atoms with van der Waals surface area (Å²) >= 11 is 1.45. The fraction of sp³-hybridized carbons (Fsp3) is 0.692. The third-order valence-corrected chi connectivity index (χ3v) is 4.78. The van der Waals surface area contributed by atoms with E-state index in [0.29, 0.717) is 0 Å². The van der Waals surface area contributed by atoms with Crippen LogP contribution in [0, 0.1) is 6.92 Å². The van der Waals surface area contributed by atoms with Gasteiger partial charge in [-0.1, -0.05) is 0 Å². The summed E-state index contributed by atoms with van der Waals surface area (Å²) < 4.78 is 5.26. The number of carbonyl (C=O) groups excluding carboxylic acids is 1. The van der Waals surface area contributed by atoms with Crippen molar-refractivity contribution in [3.05, 3.63) is 15.6 Å². The summed E-state index contributed by atoms with van der Waals surface area (Å²) in [6.07, 6.45) is -0.0642. The average molecular weight is 283 g/mol. The molecule has 106 valence electrons. The average Bonchev–Trinajstić information content (AvgIpc) is 2.80. The van der Waals surface area contributed by atoms with Crippen LogP contribution in [0.4, 0.5) is 0 Å². The van der Waals surface area contributed by atoms with Crippen molar-refractivity contribution < 1.29 is 9.53 Å². The van der Waals surface area contributed by atoms with Crippen LogP contribution >= 0.6 is 11.3 Å². The molecule has 5 nitrogen and oxygen atoms in total. The summed E-state index contributed by atoms with van der Waals surface area (Å²) in [6, 6.07) is 0.228. The van der Waals surface area contributed by atoms with Crippen molar-refractivity contribution in [2.45, 2.75) is 32.9 Å². The lowest BCUT2D eigenvalue weighted by atomic mass is 10.2. The van der Waals surface area contributed by atoms with E-state index in [1.54, 1.807) is 7.11 Å². The van der Waals surface area contributed by atoms with Crippen molar-refractivity contribution in [1.82, 2.24) is 15.2 Å². The first-order valence-corrected chi connectivity index (χ1v) is 7.38. The van der Waals surface area contributed by atoms with Crippen LogP contribution < -0.4 is 5.32 Å². The van der Waals surface area contributed by atoms with Gasteiger partial charge in [0.1, 0.15) is 16.0 Å². The summed E-state index contributed by atoms with van der Waals surface area (Å²) in [5, 5.41) is 4.16. The number of nitrogens with one attached hydrogen (secondary N) is 1. The zero-order valence-electron chi connectivity index (χ0n) is 11.9. The Bertz CT molecular complexity index is 461. The number of nitrogens with zero attached hydrogens (tertiary/aromatic N) is 2. The van der Waals surface area contributed by atoms with E-state index in [4.69, 9.17) is 4.74 Å². The van der Waals surface area contributed by atoms with E-state index < -0.39 is 0 Å². The van der Waals surface area contributed by atoms with Crippen LogP contribution in [0.15, 0.2) is 0 Å². The van der Waals surface area contributed by atoms with Crippen LogP contribution in [0.25, 0.3) is 0 Å². The van der Waals surface area contributed by atoms with Gasteiger partial charge < -0.3 is 15.0 Å². The molecule has 1 N–H and O–H groups in total. The molecule has 0 bridgehead atoms. The molecule has 1 amide bonds. The molecule has 1 fully saturated rings. The minimum absolute atomic E-state index is 0.0642. The summed E-state index contributed by atoms with van der Waals surface area (Å²) in [7, 11) is 1.65. The first kappa shape index (κ1) is 14.4. The Morgan fingerprint density at radius 3 is 3.00 bits per heavy atom. The standard InChI is InChI=1S/C13H21N3O2S/c1-8-7-14-5-6-16(8)13(17)11-9(2)15-12(19-11)10(3)18-4/h8,10,14H,5-7H2,1-4H3/t8-,10?/m0/s1. The molecular formula is C13H21N3O2S. The molecule has 1 aromatic rings. The number of rotatable bonds is 3. The van der Waals surface area contributed by atoms with Crippen LogP contribution in [-0.2, 0) is 4.74 Å². The van der Waals surface area contributed by atoms with Crippen LogP contribution in [0.2, 0.25) is 0 Å². The molecule has 1 aliphatic rings. The number of aryl methyl sites for hydroxylation is 1. The first-order valence-electron chi connectivity index (χ1n) is 6.56. The molecule has 1 aromatic heterocycles. The molecule has 0 radical (unpaired) electrons. The fourth-order valence-corrected chi connectivity index (χ4v) is 3.22. The molecule has 0 spiro atoms. The van der Waals surface area contributed by atoms with Crippen molar-refractivity contribution in [1.29, 1.82) is 0 Å². The number of aromatic nitrogens is 1. The van der Waals surface area contributed by atoms with E-state index >= 15 is 0 Å². The van der Waals surface area contributed by atoms with Gasteiger partial charge in [0.25, 0.3) is 5.91 Å². The third-order valence-electron chi connectivity index (χ3n) is 3.47. The van der Waals surface area contributed by atoms with Crippen LogP contribution in [0.3, 0.4) is 0 Å². The summed E-state index contributed by atoms with van der Waals surface area (Å²) in [4.78, 5) is 19.7. The van der Waals surface area contributed by atoms with Crippen molar-refractivity contribution in [3.8, 4) is 0 Å². The van der Waals surface area contributed by atoms with Gasteiger partial charge in [-0.2, -0.15) is 0 Å². The van der Waals surface area contributed by atoms with Crippen molar-refractivity contribution >= 4 is 17.2 Å². The largest absolute Gasteiger partial charge is 0.375 e. The Hall–Kier alpha value is -0.980. The predicted octanol–water partition coefficient (Wildman–Crippen LogP) is 1.59. The van der Waals surface area contributed by atoms with Crippen molar-refractivity contribution in [2.75, 3.05) is 26.7 Å². The maximum atomic E-state index is 12.6. The zero-order chi connectivity index (χ0) is 14.0. The maximum Gasteiger partial charge on any atom is 0.266 e. The smallest absolute Gasteiger partial charge is 0.266 e. The van der Waals surface area contributed by atoms with Gasteiger partial charge in [0, 0.05) is 32.8 Å². The van der Waals surface area contributed by atoms with Gasteiger partial charge >= 0.3 is 0 Å². The van der Waals surface area contributed by atoms with Gasteiger partial charge in [-0.3, -0.25) is 4.79 Å². The summed E-state index contributed by atoms with van der Waals surface area (Å²) in [6.45, 7) is 8.37. The highest BCUT2D eigenvalue weighted by molar-refractivity contribution is 7.13. The van der Waals surface area contributed by atoms with Gasteiger partial charge in [0.05, 0.1) is 5.69 Å². The minimum Gasteiger partial charge on any atom is -0.375 e. The minimum atomic E-state index is -0.0642. The Kier molecular flexibility index (Phi) is 4.54. The van der Waals surface area contributed by atoms with Gasteiger partial charge in [-0.15, -0.1) is 11.3 Å². The van der Waals surface area contributed by atoms with Crippen LogP contribution in [0.5, 0.6) is 0 Å². The number of ether oxygens (including phenoxy) is 1. The predicted molar refractivity (Wildman–Crippen MR) is 75.6 cm³/mol. The molecule has 0 aromatic carbocycles. The number of hydrogen-bond donors (Lipinski definition) is 1. The molecule has 1 saturated heterocycles. The van der Waals surface area contributed by atoms with E-state index in [9.17, 15) is 4.79 Å². The lowest BCUT2D eigenvalue weighted by Crippen LogP contribution is -2.52. The molecule has 1 unspecified atom stereocenters. The van der Waals surface area contributed by atoms with E-state index in [0.717, 1.165) is 35.2 Å². The van der Waals surface area contributed by atoms with E-state index in [1.807, 2.05) is 18.7 Å². The van der Waals surface area contributed by atoms with Crippen molar-refractivity contribution in [2.24, 2.45) is 0 Å². The van der Waals surface area contributed by atoms with Gasteiger partial charge in [-0.05, 0) is 20.8 Å². The SMILES string of the molecule is COC(C)c1nc(C)c(C(=O)N2CCNC[C@@H]2C)s1. The topological polar surface area (TPSA) is 54.5 Å². The number of carbonyl (C=O) groups is 1. The van der Waals surface area contributed by atoms with Crippen LogP contribution in [-0.4, -0.2) is 48.6 Å². The van der Waals surface area contributed by atoms with Gasteiger partial charge in [-0.25, -0.2) is 4.98 Å². The number of piperazine rings is 1. The Morgan fingerprint density at radius 2 is 2.37 bits per heavy atom. The normalized spacial score (nSPS) is 21.5. The van der Waals surface area contributed by atoms with Crippen molar-refractivity contribution in [3.63, 3.8) is 0 Å². The lowest BCUT2D eigenvalue weighted by molar-refractivity contribution is 0.0660. The van der Waals surface area contributed by atoms with E-state index in [2.05, 4.69) is 17.2 Å². The van der Waals surface area contributed by atoms with Gasteiger partial charge in [0.15, 0.2) is 0 Å². The number of methoxy groups -OCH3 is 1. The second-order valence-electron chi connectivity index (χ2n) is 4.90. The monoisotopic (exact) mass is 283 g/mol. The Balaban J connectivity index is 2.21.